The maximum absolute atomic E-state index is 3.56. The van der Waals surface area contributed by atoms with Crippen molar-refractivity contribution in [1.29, 1.82) is 0 Å². The van der Waals surface area contributed by atoms with Crippen molar-refractivity contribution in [1.82, 2.24) is 0 Å². The lowest BCUT2D eigenvalue weighted by Gasteiger charge is -2.18. The molecule has 2 aromatic carbocycles. The Bertz CT molecular complexity index is 528. The molecule has 1 unspecified atom stereocenters. The van der Waals surface area contributed by atoms with Gasteiger partial charge in [-0.15, -0.1) is 0 Å². The monoisotopic (exact) mass is 303 g/mol. The zero-order valence-electron chi connectivity index (χ0n) is 11.0. The first-order valence-corrected chi connectivity index (χ1v) is 6.95. The molecule has 0 saturated carbocycles. The Labute approximate surface area is 117 Å². The SMILES string of the molecule is Cc1cc(C)cc(C(C)Nc2ccccc2Br)c1. The average Bonchev–Trinajstić information content (AvgIpc) is 2.31. The van der Waals surface area contributed by atoms with Crippen molar-refractivity contribution in [3.05, 3.63) is 63.6 Å². The van der Waals surface area contributed by atoms with E-state index in [-0.39, 0.29) is 0 Å². The Balaban J connectivity index is 2.22. The van der Waals surface area contributed by atoms with Crippen LogP contribution in [0, 0.1) is 13.8 Å². The van der Waals surface area contributed by atoms with Crippen LogP contribution in [0.5, 0.6) is 0 Å². The number of hydrogen-bond donors (Lipinski definition) is 1. The highest BCUT2D eigenvalue weighted by Crippen LogP contribution is 2.26. The minimum absolute atomic E-state index is 0.294. The van der Waals surface area contributed by atoms with E-state index < -0.39 is 0 Å². The molecular weight excluding hydrogens is 286 g/mol. The summed E-state index contributed by atoms with van der Waals surface area (Å²) in [6.45, 7) is 6.47. The Morgan fingerprint density at radius 3 is 2.22 bits per heavy atom. The van der Waals surface area contributed by atoms with Gasteiger partial charge in [-0.2, -0.15) is 0 Å². The number of para-hydroxylation sites is 1. The maximum Gasteiger partial charge on any atom is 0.0489 e. The van der Waals surface area contributed by atoms with Crippen LogP contribution >= 0.6 is 15.9 Å². The van der Waals surface area contributed by atoms with Crippen LogP contribution < -0.4 is 5.32 Å². The van der Waals surface area contributed by atoms with Crippen molar-refractivity contribution in [2.45, 2.75) is 26.8 Å². The molecule has 0 fully saturated rings. The summed E-state index contributed by atoms with van der Waals surface area (Å²) in [5.74, 6) is 0. The van der Waals surface area contributed by atoms with Crippen LogP contribution in [0.25, 0.3) is 0 Å². The molecule has 0 spiro atoms. The van der Waals surface area contributed by atoms with Crippen molar-refractivity contribution in [3.8, 4) is 0 Å². The van der Waals surface area contributed by atoms with E-state index in [1.807, 2.05) is 12.1 Å². The molecule has 1 N–H and O–H groups in total. The van der Waals surface area contributed by atoms with Gasteiger partial charge in [0.05, 0.1) is 0 Å². The summed E-state index contributed by atoms with van der Waals surface area (Å²) in [5, 5.41) is 3.53. The molecule has 0 aliphatic carbocycles. The van der Waals surface area contributed by atoms with E-state index in [9.17, 15) is 0 Å². The van der Waals surface area contributed by atoms with Gasteiger partial charge >= 0.3 is 0 Å². The standard InChI is InChI=1S/C16H18BrN/c1-11-8-12(2)10-14(9-11)13(3)18-16-7-5-4-6-15(16)17/h4-10,13,18H,1-3H3. The van der Waals surface area contributed by atoms with Crippen LogP contribution in [-0.4, -0.2) is 0 Å². The van der Waals surface area contributed by atoms with E-state index in [0.29, 0.717) is 6.04 Å². The van der Waals surface area contributed by atoms with Crippen LogP contribution in [0.4, 0.5) is 5.69 Å². The van der Waals surface area contributed by atoms with E-state index >= 15 is 0 Å². The zero-order chi connectivity index (χ0) is 13.1. The third-order valence-electron chi connectivity index (χ3n) is 2.99. The molecule has 0 aliphatic heterocycles. The molecule has 1 atom stereocenters. The number of rotatable bonds is 3. The Hall–Kier alpha value is -1.28. The van der Waals surface area contributed by atoms with Crippen LogP contribution in [0.2, 0.25) is 0 Å². The minimum Gasteiger partial charge on any atom is -0.378 e. The molecule has 2 rings (SSSR count). The van der Waals surface area contributed by atoms with E-state index in [4.69, 9.17) is 0 Å². The third kappa shape index (κ3) is 3.14. The van der Waals surface area contributed by atoms with Crippen LogP contribution in [0.1, 0.15) is 29.7 Å². The maximum atomic E-state index is 3.56. The lowest BCUT2D eigenvalue weighted by atomic mass is 10.0. The Kier molecular flexibility index (Phi) is 4.07. The van der Waals surface area contributed by atoms with Gasteiger partial charge in [-0.1, -0.05) is 41.5 Å². The molecular formula is C16H18BrN. The third-order valence-corrected chi connectivity index (χ3v) is 3.68. The van der Waals surface area contributed by atoms with Crippen molar-refractivity contribution < 1.29 is 0 Å². The lowest BCUT2D eigenvalue weighted by molar-refractivity contribution is 0.879. The van der Waals surface area contributed by atoms with Gasteiger partial charge in [-0.3, -0.25) is 0 Å². The molecule has 2 heteroatoms. The molecule has 0 aliphatic rings. The fourth-order valence-electron chi connectivity index (χ4n) is 2.15. The fourth-order valence-corrected chi connectivity index (χ4v) is 2.55. The van der Waals surface area contributed by atoms with E-state index in [1.165, 1.54) is 16.7 Å². The molecule has 18 heavy (non-hydrogen) atoms. The molecule has 94 valence electrons. The van der Waals surface area contributed by atoms with Crippen LogP contribution in [0.3, 0.4) is 0 Å². The van der Waals surface area contributed by atoms with Crippen molar-refractivity contribution in [3.63, 3.8) is 0 Å². The smallest absolute Gasteiger partial charge is 0.0489 e. The second-order valence-electron chi connectivity index (χ2n) is 4.77. The molecule has 2 aromatic rings. The molecule has 0 bridgehead atoms. The van der Waals surface area contributed by atoms with Crippen molar-refractivity contribution in [2.75, 3.05) is 5.32 Å². The molecule has 1 nitrogen and oxygen atoms in total. The number of benzene rings is 2. The fraction of sp³-hybridized carbons (Fsp3) is 0.250. The topological polar surface area (TPSA) is 12.0 Å². The van der Waals surface area contributed by atoms with Gasteiger partial charge in [-0.25, -0.2) is 0 Å². The summed E-state index contributed by atoms with van der Waals surface area (Å²) in [7, 11) is 0. The second-order valence-corrected chi connectivity index (χ2v) is 5.62. The first-order valence-electron chi connectivity index (χ1n) is 6.15. The number of aryl methyl sites for hydroxylation is 2. The van der Waals surface area contributed by atoms with Gasteiger partial charge in [0.1, 0.15) is 0 Å². The molecule has 0 amide bonds. The lowest BCUT2D eigenvalue weighted by Crippen LogP contribution is -2.07. The Morgan fingerprint density at radius 1 is 1.00 bits per heavy atom. The summed E-state index contributed by atoms with van der Waals surface area (Å²) in [4.78, 5) is 0. The number of nitrogens with one attached hydrogen (secondary N) is 1. The van der Waals surface area contributed by atoms with Crippen LogP contribution in [0.15, 0.2) is 46.9 Å². The average molecular weight is 304 g/mol. The predicted molar refractivity (Wildman–Crippen MR) is 82.1 cm³/mol. The van der Waals surface area contributed by atoms with Gasteiger partial charge in [0.15, 0.2) is 0 Å². The van der Waals surface area contributed by atoms with Crippen LogP contribution in [-0.2, 0) is 0 Å². The molecule has 0 saturated heterocycles. The first kappa shape index (κ1) is 13.2. The van der Waals surface area contributed by atoms with Gasteiger partial charge in [0.2, 0.25) is 0 Å². The predicted octanol–water partition coefficient (Wildman–Crippen LogP) is 5.24. The highest BCUT2D eigenvalue weighted by molar-refractivity contribution is 9.10. The molecule has 0 heterocycles. The quantitative estimate of drug-likeness (QED) is 0.817. The second kappa shape index (κ2) is 5.57. The summed E-state index contributed by atoms with van der Waals surface area (Å²) >= 11 is 3.56. The summed E-state index contributed by atoms with van der Waals surface area (Å²) in [5.41, 5.74) is 5.07. The normalized spacial score (nSPS) is 12.2. The number of hydrogen-bond acceptors (Lipinski definition) is 1. The minimum atomic E-state index is 0.294. The molecule has 0 aromatic heterocycles. The van der Waals surface area contributed by atoms with Crippen molar-refractivity contribution in [2.24, 2.45) is 0 Å². The van der Waals surface area contributed by atoms with E-state index in [0.717, 1.165) is 10.2 Å². The number of anilines is 1. The van der Waals surface area contributed by atoms with E-state index in [2.05, 4.69) is 72.3 Å². The highest BCUT2D eigenvalue weighted by atomic mass is 79.9. The highest BCUT2D eigenvalue weighted by Gasteiger charge is 2.07. The van der Waals surface area contributed by atoms with Gasteiger partial charge in [-0.05, 0) is 54.4 Å². The van der Waals surface area contributed by atoms with Crippen molar-refractivity contribution >= 4 is 21.6 Å². The largest absolute Gasteiger partial charge is 0.378 e. The first-order chi connectivity index (χ1) is 8.56. The number of halogens is 1. The zero-order valence-corrected chi connectivity index (χ0v) is 12.6. The van der Waals surface area contributed by atoms with Gasteiger partial charge in [0.25, 0.3) is 0 Å². The van der Waals surface area contributed by atoms with Gasteiger partial charge < -0.3 is 5.32 Å². The van der Waals surface area contributed by atoms with Gasteiger partial charge in [0, 0.05) is 16.2 Å². The van der Waals surface area contributed by atoms with E-state index in [1.54, 1.807) is 0 Å². The summed E-state index contributed by atoms with van der Waals surface area (Å²) < 4.78 is 1.10. The molecule has 0 radical (unpaired) electrons. The Morgan fingerprint density at radius 2 is 1.61 bits per heavy atom. The summed E-state index contributed by atoms with van der Waals surface area (Å²) in [6, 6.07) is 15.2. The summed E-state index contributed by atoms with van der Waals surface area (Å²) in [6.07, 6.45) is 0.